The number of phenolic OH excluding ortho intramolecular Hbond substituents is 1. The van der Waals surface area contributed by atoms with Crippen LogP contribution in [0, 0.1) is 0 Å². The third-order valence-corrected chi connectivity index (χ3v) is 2.60. The smallest absolute Gasteiger partial charge is 0.507 e. The highest BCUT2D eigenvalue weighted by molar-refractivity contribution is 5.71. The number of halogens is 3. The number of ether oxygens (including phenoxy) is 2. The fourth-order valence-electron chi connectivity index (χ4n) is 1.72. The number of methoxy groups -OCH3 is 1. The van der Waals surface area contributed by atoms with Crippen LogP contribution in [0.2, 0.25) is 0 Å². The van der Waals surface area contributed by atoms with E-state index in [-0.39, 0.29) is 11.5 Å². The van der Waals surface area contributed by atoms with Crippen LogP contribution in [0.15, 0.2) is 42.5 Å². The summed E-state index contributed by atoms with van der Waals surface area (Å²) in [7, 11) is 1.47. The second kappa shape index (κ2) is 5.32. The SMILES string of the molecule is COc1ccc(-c2ccc(OC(F)(F)F)cc2)c(O)c1. The fraction of sp³-hybridized carbons (Fsp3) is 0.143. The Kier molecular flexibility index (Phi) is 3.74. The molecule has 0 saturated carbocycles. The van der Waals surface area contributed by atoms with E-state index in [4.69, 9.17) is 4.74 Å². The first-order chi connectivity index (χ1) is 9.39. The van der Waals surface area contributed by atoms with Gasteiger partial charge in [0.2, 0.25) is 0 Å². The molecule has 0 aromatic heterocycles. The second-order valence-electron chi connectivity index (χ2n) is 3.96. The summed E-state index contributed by atoms with van der Waals surface area (Å²) >= 11 is 0. The number of hydrogen-bond donors (Lipinski definition) is 1. The third-order valence-electron chi connectivity index (χ3n) is 2.60. The number of aromatic hydroxyl groups is 1. The van der Waals surface area contributed by atoms with Gasteiger partial charge in [0, 0.05) is 11.6 Å². The molecule has 0 saturated heterocycles. The van der Waals surface area contributed by atoms with Crippen LogP contribution in [-0.2, 0) is 0 Å². The van der Waals surface area contributed by atoms with E-state index >= 15 is 0 Å². The first-order valence-corrected chi connectivity index (χ1v) is 5.62. The molecule has 3 nitrogen and oxygen atoms in total. The monoisotopic (exact) mass is 284 g/mol. The summed E-state index contributed by atoms with van der Waals surface area (Å²) in [6, 6.07) is 9.93. The zero-order chi connectivity index (χ0) is 14.8. The first kappa shape index (κ1) is 14.0. The Morgan fingerprint density at radius 2 is 1.55 bits per heavy atom. The molecule has 0 aliphatic carbocycles. The van der Waals surface area contributed by atoms with Gasteiger partial charge in [0.25, 0.3) is 0 Å². The van der Waals surface area contributed by atoms with E-state index in [1.165, 1.54) is 37.4 Å². The van der Waals surface area contributed by atoms with Gasteiger partial charge in [-0.1, -0.05) is 12.1 Å². The Morgan fingerprint density at radius 3 is 2.05 bits per heavy atom. The first-order valence-electron chi connectivity index (χ1n) is 5.62. The highest BCUT2D eigenvalue weighted by Gasteiger charge is 2.30. The van der Waals surface area contributed by atoms with Crippen LogP contribution < -0.4 is 9.47 Å². The molecular weight excluding hydrogens is 273 g/mol. The maximum absolute atomic E-state index is 12.0. The van der Waals surface area contributed by atoms with Crippen LogP contribution in [0.3, 0.4) is 0 Å². The van der Waals surface area contributed by atoms with Crippen molar-refractivity contribution >= 4 is 0 Å². The summed E-state index contributed by atoms with van der Waals surface area (Å²) in [4.78, 5) is 0. The Balaban J connectivity index is 2.26. The van der Waals surface area contributed by atoms with Crippen molar-refractivity contribution in [2.24, 2.45) is 0 Å². The van der Waals surface area contributed by atoms with Gasteiger partial charge in [-0.05, 0) is 29.8 Å². The average Bonchev–Trinajstić information content (AvgIpc) is 2.38. The van der Waals surface area contributed by atoms with Gasteiger partial charge in [-0.25, -0.2) is 0 Å². The normalized spacial score (nSPS) is 11.2. The minimum Gasteiger partial charge on any atom is -0.507 e. The third kappa shape index (κ3) is 3.34. The van der Waals surface area contributed by atoms with Crippen molar-refractivity contribution in [3.63, 3.8) is 0 Å². The number of benzene rings is 2. The molecule has 1 N–H and O–H groups in total. The molecule has 0 aliphatic rings. The van der Waals surface area contributed by atoms with Gasteiger partial charge in [-0.2, -0.15) is 0 Å². The highest BCUT2D eigenvalue weighted by Crippen LogP contribution is 2.33. The molecule has 2 aromatic carbocycles. The van der Waals surface area contributed by atoms with Crippen LogP contribution in [0.1, 0.15) is 0 Å². The standard InChI is InChI=1S/C14H11F3O3/c1-19-11-6-7-12(13(18)8-11)9-2-4-10(5-3-9)20-14(15,16)17/h2-8,18H,1H3. The maximum Gasteiger partial charge on any atom is 0.573 e. The van der Waals surface area contributed by atoms with Gasteiger partial charge < -0.3 is 14.6 Å². The molecule has 0 atom stereocenters. The van der Waals surface area contributed by atoms with Crippen molar-refractivity contribution in [1.82, 2.24) is 0 Å². The van der Waals surface area contributed by atoms with Crippen molar-refractivity contribution in [2.45, 2.75) is 6.36 Å². The van der Waals surface area contributed by atoms with Gasteiger partial charge >= 0.3 is 6.36 Å². The summed E-state index contributed by atoms with van der Waals surface area (Å²) in [5.74, 6) is 0.159. The van der Waals surface area contributed by atoms with Crippen LogP contribution >= 0.6 is 0 Å². The maximum atomic E-state index is 12.0. The van der Waals surface area contributed by atoms with Crippen LogP contribution in [0.4, 0.5) is 13.2 Å². The quantitative estimate of drug-likeness (QED) is 0.927. The van der Waals surface area contributed by atoms with E-state index in [1.807, 2.05) is 0 Å². The Labute approximate surface area is 113 Å². The number of hydrogen-bond acceptors (Lipinski definition) is 3. The minimum absolute atomic E-state index is 0.0196. The van der Waals surface area contributed by atoms with E-state index in [2.05, 4.69) is 4.74 Å². The van der Waals surface area contributed by atoms with Crippen molar-refractivity contribution in [1.29, 1.82) is 0 Å². The van der Waals surface area contributed by atoms with Gasteiger partial charge in [0.1, 0.15) is 17.2 Å². The predicted octanol–water partition coefficient (Wildman–Crippen LogP) is 3.97. The molecule has 6 heteroatoms. The Morgan fingerprint density at radius 1 is 0.950 bits per heavy atom. The van der Waals surface area contributed by atoms with Gasteiger partial charge in [-0.3, -0.25) is 0 Å². The van der Waals surface area contributed by atoms with Crippen molar-refractivity contribution in [2.75, 3.05) is 7.11 Å². The van der Waals surface area contributed by atoms with Crippen LogP contribution in [0.25, 0.3) is 11.1 Å². The number of phenols is 1. The van der Waals surface area contributed by atoms with E-state index in [1.54, 1.807) is 12.1 Å². The lowest BCUT2D eigenvalue weighted by molar-refractivity contribution is -0.274. The second-order valence-corrected chi connectivity index (χ2v) is 3.96. The molecule has 0 bridgehead atoms. The van der Waals surface area contributed by atoms with Crippen molar-refractivity contribution in [3.8, 4) is 28.4 Å². The molecule has 0 radical (unpaired) electrons. The van der Waals surface area contributed by atoms with E-state index in [9.17, 15) is 18.3 Å². The van der Waals surface area contributed by atoms with E-state index < -0.39 is 6.36 Å². The summed E-state index contributed by atoms with van der Waals surface area (Å²) in [6.45, 7) is 0. The lowest BCUT2D eigenvalue weighted by Gasteiger charge is -2.10. The summed E-state index contributed by atoms with van der Waals surface area (Å²) < 4.78 is 44.8. The van der Waals surface area contributed by atoms with Gasteiger partial charge in [0.15, 0.2) is 0 Å². The van der Waals surface area contributed by atoms with E-state index in [0.717, 1.165) is 0 Å². The molecule has 0 fully saturated rings. The predicted molar refractivity (Wildman–Crippen MR) is 66.8 cm³/mol. The molecule has 0 spiro atoms. The molecule has 0 aliphatic heterocycles. The topological polar surface area (TPSA) is 38.7 Å². The zero-order valence-corrected chi connectivity index (χ0v) is 10.4. The summed E-state index contributed by atoms with van der Waals surface area (Å²) in [5.41, 5.74) is 1.06. The van der Waals surface area contributed by atoms with Crippen LogP contribution in [-0.4, -0.2) is 18.6 Å². The lowest BCUT2D eigenvalue weighted by atomic mass is 10.0. The van der Waals surface area contributed by atoms with Crippen LogP contribution in [0.5, 0.6) is 17.2 Å². The molecule has 20 heavy (non-hydrogen) atoms. The largest absolute Gasteiger partial charge is 0.573 e. The molecular formula is C14H11F3O3. The molecule has 2 aromatic rings. The Hall–Kier alpha value is -2.37. The average molecular weight is 284 g/mol. The van der Waals surface area contributed by atoms with Crippen molar-refractivity contribution < 1.29 is 27.8 Å². The molecule has 106 valence electrons. The number of alkyl halides is 3. The molecule has 0 heterocycles. The summed E-state index contributed by atoms with van der Waals surface area (Å²) in [6.07, 6.45) is -4.72. The molecule has 2 rings (SSSR count). The van der Waals surface area contributed by atoms with Gasteiger partial charge in [-0.15, -0.1) is 13.2 Å². The Bertz CT molecular complexity index is 592. The molecule has 0 unspecified atom stereocenters. The van der Waals surface area contributed by atoms with Gasteiger partial charge in [0.05, 0.1) is 7.11 Å². The lowest BCUT2D eigenvalue weighted by Crippen LogP contribution is -2.16. The van der Waals surface area contributed by atoms with Crippen molar-refractivity contribution in [3.05, 3.63) is 42.5 Å². The highest BCUT2D eigenvalue weighted by atomic mass is 19.4. The molecule has 0 amide bonds. The fourth-order valence-corrected chi connectivity index (χ4v) is 1.72. The summed E-state index contributed by atoms with van der Waals surface area (Å²) in [5, 5.41) is 9.84. The van der Waals surface area contributed by atoms with E-state index in [0.29, 0.717) is 16.9 Å². The number of rotatable bonds is 3. The minimum atomic E-state index is -4.72. The zero-order valence-electron chi connectivity index (χ0n) is 10.4.